The first kappa shape index (κ1) is 21.9. The van der Waals surface area contributed by atoms with Crippen molar-refractivity contribution in [2.24, 2.45) is 0 Å². The van der Waals surface area contributed by atoms with Crippen LogP contribution in [0.25, 0.3) is 11.1 Å². The minimum Gasteiger partial charge on any atom is -0.336 e. The maximum Gasteiger partial charge on any atom is 0.270 e. The molecule has 0 bridgehead atoms. The minimum absolute atomic E-state index is 0.211. The van der Waals surface area contributed by atoms with Gasteiger partial charge in [0.15, 0.2) is 0 Å². The highest BCUT2D eigenvalue weighted by Gasteiger charge is 2.23. The average Bonchev–Trinajstić information content (AvgIpc) is 2.77. The molecule has 2 amide bonds. The zero-order valence-corrected chi connectivity index (χ0v) is 17.3. The number of anilines is 1. The number of hydrogen-bond donors (Lipinski definition) is 4. The first-order chi connectivity index (χ1) is 14.8. The van der Waals surface area contributed by atoms with Crippen molar-refractivity contribution in [3.63, 3.8) is 0 Å². The van der Waals surface area contributed by atoms with Crippen molar-refractivity contribution in [1.82, 2.24) is 15.8 Å². The number of carbonyl (C=O) groups excluding carboxylic acids is 2. The van der Waals surface area contributed by atoms with E-state index in [0.29, 0.717) is 11.3 Å². The SMILES string of the molecule is CS(=O)(=O)Nc1ccc(C(=O)NC(C(=O)NO)c2ccc(-c3ccncc3)cc2)cc1. The molecule has 1 unspecified atom stereocenters. The molecule has 0 spiro atoms. The lowest BCUT2D eigenvalue weighted by molar-refractivity contribution is -0.131. The topological polar surface area (TPSA) is 137 Å². The predicted octanol–water partition coefficient (Wildman–Crippen LogP) is 2.10. The van der Waals surface area contributed by atoms with Crippen LogP contribution in [0.4, 0.5) is 5.69 Å². The van der Waals surface area contributed by atoms with Crippen LogP contribution in [0.1, 0.15) is 22.0 Å². The molecule has 1 atom stereocenters. The summed E-state index contributed by atoms with van der Waals surface area (Å²) in [5, 5.41) is 11.7. The Morgan fingerprint density at radius 3 is 2.03 bits per heavy atom. The Balaban J connectivity index is 1.78. The standard InChI is InChI=1S/C21H20N4O5S/c1-31(29,30)25-18-8-6-17(7-9-18)20(26)23-19(21(27)24-28)16-4-2-14(3-5-16)15-10-12-22-13-11-15/h2-13,19,25,28H,1H3,(H,23,26)(H,24,27). The minimum atomic E-state index is -3.44. The fraction of sp³-hybridized carbons (Fsp3) is 0.0952. The van der Waals surface area contributed by atoms with E-state index in [1.165, 1.54) is 24.3 Å². The average molecular weight is 440 g/mol. The lowest BCUT2D eigenvalue weighted by Gasteiger charge is -2.18. The van der Waals surface area contributed by atoms with Crippen LogP contribution in [-0.4, -0.2) is 36.7 Å². The van der Waals surface area contributed by atoms with Crippen LogP contribution in [0.3, 0.4) is 0 Å². The summed E-state index contributed by atoms with van der Waals surface area (Å²) in [6, 6.07) is 15.2. The molecule has 0 radical (unpaired) electrons. The van der Waals surface area contributed by atoms with Crippen LogP contribution < -0.4 is 15.5 Å². The maximum absolute atomic E-state index is 12.6. The van der Waals surface area contributed by atoms with E-state index in [9.17, 15) is 18.0 Å². The highest BCUT2D eigenvalue weighted by atomic mass is 32.2. The smallest absolute Gasteiger partial charge is 0.270 e. The fourth-order valence-corrected chi connectivity index (χ4v) is 3.46. The van der Waals surface area contributed by atoms with Gasteiger partial charge in [-0.1, -0.05) is 24.3 Å². The molecule has 31 heavy (non-hydrogen) atoms. The van der Waals surface area contributed by atoms with Crippen molar-refractivity contribution in [2.45, 2.75) is 6.04 Å². The fourth-order valence-electron chi connectivity index (χ4n) is 2.90. The Bertz CT molecular complexity index is 1160. The maximum atomic E-state index is 12.6. The molecule has 1 aromatic heterocycles. The van der Waals surface area contributed by atoms with Gasteiger partial charge in [-0.15, -0.1) is 0 Å². The van der Waals surface area contributed by atoms with Gasteiger partial charge < -0.3 is 5.32 Å². The molecule has 0 fully saturated rings. The second-order valence-corrected chi connectivity index (χ2v) is 8.44. The van der Waals surface area contributed by atoms with Gasteiger partial charge in [0.05, 0.1) is 6.26 Å². The Labute approximate surface area is 179 Å². The van der Waals surface area contributed by atoms with E-state index in [-0.39, 0.29) is 5.56 Å². The number of aromatic nitrogens is 1. The van der Waals surface area contributed by atoms with Gasteiger partial charge in [-0.2, -0.15) is 0 Å². The van der Waals surface area contributed by atoms with Crippen LogP contribution in [0.5, 0.6) is 0 Å². The summed E-state index contributed by atoms with van der Waals surface area (Å²) in [4.78, 5) is 28.8. The molecule has 10 heteroatoms. The largest absolute Gasteiger partial charge is 0.336 e. The molecule has 0 aliphatic heterocycles. The summed E-state index contributed by atoms with van der Waals surface area (Å²) in [7, 11) is -3.44. The normalized spacial score (nSPS) is 11.9. The van der Waals surface area contributed by atoms with Gasteiger partial charge in [-0.25, -0.2) is 13.9 Å². The number of amides is 2. The number of carbonyl (C=O) groups is 2. The first-order valence-electron chi connectivity index (χ1n) is 9.10. The zero-order chi connectivity index (χ0) is 22.4. The van der Waals surface area contributed by atoms with Crippen molar-refractivity contribution in [2.75, 3.05) is 11.0 Å². The Kier molecular flexibility index (Phi) is 6.63. The van der Waals surface area contributed by atoms with E-state index in [1.54, 1.807) is 42.1 Å². The first-order valence-corrected chi connectivity index (χ1v) is 11.0. The third-order valence-electron chi connectivity index (χ3n) is 4.36. The van der Waals surface area contributed by atoms with Crippen molar-refractivity contribution in [3.8, 4) is 11.1 Å². The lowest BCUT2D eigenvalue weighted by atomic mass is 10.0. The van der Waals surface area contributed by atoms with Crippen LogP contribution in [0.2, 0.25) is 0 Å². The van der Waals surface area contributed by atoms with Crippen molar-refractivity contribution in [3.05, 3.63) is 84.2 Å². The second-order valence-electron chi connectivity index (χ2n) is 6.69. The summed E-state index contributed by atoms with van der Waals surface area (Å²) in [5.41, 5.74) is 4.38. The van der Waals surface area contributed by atoms with Gasteiger partial charge in [0, 0.05) is 23.6 Å². The quantitative estimate of drug-likeness (QED) is 0.328. The Hall–Kier alpha value is -3.76. The summed E-state index contributed by atoms with van der Waals surface area (Å²) in [6.07, 6.45) is 4.36. The van der Waals surface area contributed by atoms with Gasteiger partial charge in [0.25, 0.3) is 11.8 Å². The highest BCUT2D eigenvalue weighted by molar-refractivity contribution is 7.92. The molecule has 0 aliphatic carbocycles. The van der Waals surface area contributed by atoms with Gasteiger partial charge in [-0.05, 0) is 53.1 Å². The van der Waals surface area contributed by atoms with E-state index in [4.69, 9.17) is 5.21 Å². The Morgan fingerprint density at radius 2 is 1.48 bits per heavy atom. The summed E-state index contributed by atoms with van der Waals surface area (Å²) >= 11 is 0. The number of pyridine rings is 1. The van der Waals surface area contributed by atoms with Gasteiger partial charge in [0.2, 0.25) is 10.0 Å². The van der Waals surface area contributed by atoms with E-state index in [0.717, 1.165) is 17.4 Å². The second kappa shape index (κ2) is 9.37. The predicted molar refractivity (Wildman–Crippen MR) is 115 cm³/mol. The number of sulfonamides is 1. The van der Waals surface area contributed by atoms with E-state index >= 15 is 0 Å². The van der Waals surface area contributed by atoms with Crippen molar-refractivity contribution >= 4 is 27.5 Å². The third kappa shape index (κ3) is 5.87. The molecule has 2 aromatic carbocycles. The van der Waals surface area contributed by atoms with Crippen LogP contribution in [0.15, 0.2) is 73.1 Å². The lowest BCUT2D eigenvalue weighted by Crippen LogP contribution is -2.39. The molecular weight excluding hydrogens is 420 g/mol. The molecule has 160 valence electrons. The van der Waals surface area contributed by atoms with Crippen molar-refractivity contribution < 1.29 is 23.2 Å². The van der Waals surface area contributed by atoms with Crippen molar-refractivity contribution in [1.29, 1.82) is 0 Å². The number of nitrogens with zero attached hydrogens (tertiary/aromatic N) is 1. The van der Waals surface area contributed by atoms with E-state index < -0.39 is 27.9 Å². The third-order valence-corrected chi connectivity index (χ3v) is 4.96. The molecule has 1 heterocycles. The molecule has 4 N–H and O–H groups in total. The zero-order valence-electron chi connectivity index (χ0n) is 16.4. The molecule has 9 nitrogen and oxygen atoms in total. The van der Waals surface area contributed by atoms with Crippen LogP contribution in [-0.2, 0) is 14.8 Å². The van der Waals surface area contributed by atoms with Gasteiger partial charge in [-0.3, -0.25) is 24.5 Å². The van der Waals surface area contributed by atoms with E-state index in [2.05, 4.69) is 15.0 Å². The number of hydroxylamine groups is 1. The summed E-state index contributed by atoms with van der Waals surface area (Å²) in [6.45, 7) is 0. The van der Waals surface area contributed by atoms with Crippen LogP contribution >= 0.6 is 0 Å². The summed E-state index contributed by atoms with van der Waals surface area (Å²) < 4.78 is 24.9. The van der Waals surface area contributed by atoms with Gasteiger partial charge in [0.1, 0.15) is 6.04 Å². The molecule has 0 saturated heterocycles. The number of benzene rings is 2. The number of rotatable bonds is 7. The molecular formula is C21H20N4O5S. The molecule has 3 aromatic rings. The number of hydrogen-bond acceptors (Lipinski definition) is 6. The molecule has 3 rings (SSSR count). The molecule has 0 aliphatic rings. The van der Waals surface area contributed by atoms with Crippen LogP contribution in [0, 0.1) is 0 Å². The Morgan fingerprint density at radius 1 is 0.903 bits per heavy atom. The molecule has 0 saturated carbocycles. The monoisotopic (exact) mass is 440 g/mol. The van der Waals surface area contributed by atoms with Gasteiger partial charge >= 0.3 is 0 Å². The number of nitrogens with one attached hydrogen (secondary N) is 3. The van der Waals surface area contributed by atoms with E-state index in [1.807, 2.05) is 12.1 Å². The highest BCUT2D eigenvalue weighted by Crippen LogP contribution is 2.22. The summed E-state index contributed by atoms with van der Waals surface area (Å²) in [5.74, 6) is -1.38.